The van der Waals surface area contributed by atoms with Gasteiger partial charge in [-0.2, -0.15) is 0 Å². The third-order valence-corrected chi connectivity index (χ3v) is 5.09. The van der Waals surface area contributed by atoms with E-state index in [-0.39, 0.29) is 5.92 Å². The predicted octanol–water partition coefficient (Wildman–Crippen LogP) is 3.61. The lowest BCUT2D eigenvalue weighted by molar-refractivity contribution is -0.141. The van der Waals surface area contributed by atoms with Crippen molar-refractivity contribution in [2.75, 3.05) is 25.1 Å². The summed E-state index contributed by atoms with van der Waals surface area (Å²) in [6, 6.07) is 13.9. The SMILES string of the molecule is COc1cccc(-c2cccc3ncnc(N4CCCC(C(=O)O)C4)c23)c1. The summed E-state index contributed by atoms with van der Waals surface area (Å²) in [5, 5.41) is 10.4. The van der Waals surface area contributed by atoms with Crippen molar-refractivity contribution in [3.05, 3.63) is 48.8 Å². The quantitative estimate of drug-likeness (QED) is 0.763. The molecule has 0 radical (unpaired) electrons. The number of anilines is 1. The maximum absolute atomic E-state index is 11.5. The minimum Gasteiger partial charge on any atom is -0.497 e. The van der Waals surface area contributed by atoms with Crippen molar-refractivity contribution in [2.24, 2.45) is 5.92 Å². The first kappa shape index (κ1) is 17.3. The second kappa shape index (κ2) is 7.23. The number of aromatic nitrogens is 2. The van der Waals surface area contributed by atoms with Crippen LogP contribution in [0.5, 0.6) is 5.75 Å². The highest BCUT2D eigenvalue weighted by molar-refractivity contribution is 6.02. The summed E-state index contributed by atoms with van der Waals surface area (Å²) in [4.78, 5) is 22.5. The van der Waals surface area contributed by atoms with Crippen molar-refractivity contribution < 1.29 is 14.6 Å². The van der Waals surface area contributed by atoms with E-state index in [0.717, 1.165) is 46.6 Å². The molecule has 138 valence electrons. The van der Waals surface area contributed by atoms with Crippen LogP contribution in [0.25, 0.3) is 22.0 Å². The number of hydrogen-bond donors (Lipinski definition) is 1. The van der Waals surface area contributed by atoms with Gasteiger partial charge in [-0.1, -0.05) is 24.3 Å². The van der Waals surface area contributed by atoms with E-state index in [9.17, 15) is 9.90 Å². The average Bonchev–Trinajstić information content (AvgIpc) is 2.73. The summed E-state index contributed by atoms with van der Waals surface area (Å²) < 4.78 is 5.37. The number of ether oxygens (including phenoxy) is 1. The van der Waals surface area contributed by atoms with Gasteiger partial charge in [-0.15, -0.1) is 0 Å². The van der Waals surface area contributed by atoms with Crippen molar-refractivity contribution in [1.29, 1.82) is 0 Å². The summed E-state index contributed by atoms with van der Waals surface area (Å²) in [5.74, 6) is 0.468. The molecule has 4 rings (SSSR count). The number of carboxylic acid groups (broad SMARTS) is 1. The number of piperidine rings is 1. The third-order valence-electron chi connectivity index (χ3n) is 5.09. The topological polar surface area (TPSA) is 75.6 Å². The number of hydrogen-bond acceptors (Lipinski definition) is 5. The van der Waals surface area contributed by atoms with Crippen molar-refractivity contribution in [1.82, 2.24) is 9.97 Å². The highest BCUT2D eigenvalue weighted by Gasteiger charge is 2.27. The third kappa shape index (κ3) is 3.30. The van der Waals surface area contributed by atoms with Crippen LogP contribution in [0.2, 0.25) is 0 Å². The number of aliphatic carboxylic acids is 1. The highest BCUT2D eigenvalue weighted by atomic mass is 16.5. The summed E-state index contributed by atoms with van der Waals surface area (Å²) >= 11 is 0. The molecule has 0 bridgehead atoms. The molecule has 1 unspecified atom stereocenters. The maximum Gasteiger partial charge on any atom is 0.308 e. The van der Waals surface area contributed by atoms with Crippen molar-refractivity contribution in [2.45, 2.75) is 12.8 Å². The molecular weight excluding hydrogens is 342 g/mol. The fourth-order valence-corrected chi connectivity index (χ4v) is 3.74. The molecule has 6 heteroatoms. The van der Waals surface area contributed by atoms with Gasteiger partial charge in [0.2, 0.25) is 0 Å². The molecule has 3 aromatic rings. The molecule has 1 N–H and O–H groups in total. The van der Waals surface area contributed by atoms with Crippen LogP contribution in [-0.4, -0.2) is 41.2 Å². The summed E-state index contributed by atoms with van der Waals surface area (Å²) in [5.41, 5.74) is 2.88. The second-order valence-corrected chi connectivity index (χ2v) is 6.75. The summed E-state index contributed by atoms with van der Waals surface area (Å²) in [6.07, 6.45) is 3.10. The molecule has 1 atom stereocenters. The lowest BCUT2D eigenvalue weighted by Gasteiger charge is -2.32. The molecule has 1 aromatic heterocycles. The standard InChI is InChI=1S/C21H21N3O3/c1-27-16-7-2-5-14(11-16)17-8-3-9-18-19(17)20(23-13-22-18)24-10-4-6-15(12-24)21(25)26/h2-3,5,7-9,11,13,15H,4,6,10,12H2,1H3,(H,25,26). The Balaban J connectivity index is 1.86. The van der Waals surface area contributed by atoms with Crippen molar-refractivity contribution >= 4 is 22.7 Å². The lowest BCUT2D eigenvalue weighted by atomic mass is 9.96. The molecule has 1 aliphatic heterocycles. The molecule has 1 fully saturated rings. The van der Waals surface area contributed by atoms with E-state index in [0.29, 0.717) is 13.0 Å². The van der Waals surface area contributed by atoms with E-state index >= 15 is 0 Å². The fourth-order valence-electron chi connectivity index (χ4n) is 3.74. The zero-order valence-electron chi connectivity index (χ0n) is 15.1. The Morgan fingerprint density at radius 1 is 1.22 bits per heavy atom. The number of carboxylic acids is 1. The molecule has 0 amide bonds. The Hall–Kier alpha value is -3.15. The maximum atomic E-state index is 11.5. The molecule has 0 saturated carbocycles. The first-order valence-corrected chi connectivity index (χ1v) is 9.03. The number of nitrogens with zero attached hydrogens (tertiary/aromatic N) is 3. The van der Waals surface area contributed by atoms with E-state index in [1.165, 1.54) is 0 Å². The van der Waals surface area contributed by atoms with Crippen LogP contribution in [0.15, 0.2) is 48.8 Å². The fraction of sp³-hybridized carbons (Fsp3) is 0.286. The van der Waals surface area contributed by atoms with Gasteiger partial charge in [0.05, 0.1) is 23.9 Å². The monoisotopic (exact) mass is 363 g/mol. The Kier molecular flexibility index (Phi) is 4.62. The van der Waals surface area contributed by atoms with Crippen LogP contribution in [-0.2, 0) is 4.79 Å². The van der Waals surface area contributed by atoms with E-state index in [2.05, 4.69) is 14.9 Å². The number of fused-ring (bicyclic) bond motifs is 1. The molecule has 2 aromatic carbocycles. The largest absolute Gasteiger partial charge is 0.497 e. The Bertz CT molecular complexity index is 984. The smallest absolute Gasteiger partial charge is 0.308 e. The van der Waals surface area contributed by atoms with Gasteiger partial charge in [0.1, 0.15) is 17.9 Å². The zero-order valence-corrected chi connectivity index (χ0v) is 15.1. The minimum atomic E-state index is -0.744. The molecule has 1 saturated heterocycles. The van der Waals surface area contributed by atoms with Gasteiger partial charge < -0.3 is 14.7 Å². The van der Waals surface area contributed by atoms with Gasteiger partial charge >= 0.3 is 5.97 Å². The normalized spacial score (nSPS) is 17.1. The first-order chi connectivity index (χ1) is 13.2. The Morgan fingerprint density at radius 2 is 2.07 bits per heavy atom. The van der Waals surface area contributed by atoms with E-state index in [1.54, 1.807) is 13.4 Å². The summed E-state index contributed by atoms with van der Waals surface area (Å²) in [6.45, 7) is 1.26. The Labute approximate surface area is 157 Å². The summed E-state index contributed by atoms with van der Waals surface area (Å²) in [7, 11) is 1.65. The van der Waals surface area contributed by atoms with Crippen molar-refractivity contribution in [3.8, 4) is 16.9 Å². The predicted molar refractivity (Wildman–Crippen MR) is 104 cm³/mol. The van der Waals surface area contributed by atoms with Crippen molar-refractivity contribution in [3.63, 3.8) is 0 Å². The van der Waals surface area contributed by atoms with Gasteiger partial charge in [-0.3, -0.25) is 4.79 Å². The van der Waals surface area contributed by atoms with E-state index < -0.39 is 5.97 Å². The van der Waals surface area contributed by atoms with Crippen LogP contribution in [0.1, 0.15) is 12.8 Å². The molecule has 2 heterocycles. The van der Waals surface area contributed by atoms with Gasteiger partial charge in [0.25, 0.3) is 0 Å². The molecule has 1 aliphatic rings. The number of benzene rings is 2. The highest BCUT2D eigenvalue weighted by Crippen LogP contribution is 2.36. The van der Waals surface area contributed by atoms with Gasteiger partial charge in [-0.25, -0.2) is 9.97 Å². The zero-order chi connectivity index (χ0) is 18.8. The molecule has 27 heavy (non-hydrogen) atoms. The van der Waals surface area contributed by atoms with Crippen LogP contribution in [0.4, 0.5) is 5.82 Å². The van der Waals surface area contributed by atoms with Crippen LogP contribution in [0, 0.1) is 5.92 Å². The van der Waals surface area contributed by atoms with Crippen LogP contribution in [0.3, 0.4) is 0 Å². The lowest BCUT2D eigenvalue weighted by Crippen LogP contribution is -2.39. The van der Waals surface area contributed by atoms with Gasteiger partial charge in [0.15, 0.2) is 0 Å². The van der Waals surface area contributed by atoms with Crippen LogP contribution < -0.4 is 9.64 Å². The number of methoxy groups -OCH3 is 1. The molecule has 6 nitrogen and oxygen atoms in total. The minimum absolute atomic E-state index is 0.368. The van der Waals surface area contributed by atoms with Gasteiger partial charge in [-0.05, 0) is 42.2 Å². The number of rotatable bonds is 4. The van der Waals surface area contributed by atoms with Gasteiger partial charge in [0, 0.05) is 13.1 Å². The van der Waals surface area contributed by atoms with Crippen LogP contribution >= 0.6 is 0 Å². The van der Waals surface area contributed by atoms with E-state index in [4.69, 9.17) is 4.74 Å². The first-order valence-electron chi connectivity index (χ1n) is 9.03. The molecule has 0 spiro atoms. The molecular formula is C21H21N3O3. The average molecular weight is 363 g/mol. The van der Waals surface area contributed by atoms with E-state index in [1.807, 2.05) is 42.5 Å². The number of carbonyl (C=O) groups is 1. The molecule has 0 aliphatic carbocycles. The Morgan fingerprint density at radius 3 is 2.89 bits per heavy atom. The second-order valence-electron chi connectivity index (χ2n) is 6.75.